The summed E-state index contributed by atoms with van der Waals surface area (Å²) in [4.78, 5) is 5.11. The summed E-state index contributed by atoms with van der Waals surface area (Å²) in [7, 11) is 3.89. The molecule has 0 unspecified atom stereocenters. The van der Waals surface area contributed by atoms with Gasteiger partial charge < -0.3 is 9.64 Å². The first kappa shape index (κ1) is 10.3. The van der Waals surface area contributed by atoms with Crippen LogP contribution < -0.4 is 9.64 Å². The summed E-state index contributed by atoms with van der Waals surface area (Å²) < 4.78 is 5.34. The van der Waals surface area contributed by atoms with E-state index in [4.69, 9.17) is 10.1 Å². The Balaban J connectivity index is 3.09. The number of diazo groups is 1. The molecule has 0 fully saturated rings. The lowest BCUT2D eigenvalue weighted by molar-refractivity contribution is 0.342. The number of anilines is 1. The van der Waals surface area contributed by atoms with Crippen LogP contribution in [-0.2, 0) is 0 Å². The van der Waals surface area contributed by atoms with Crippen LogP contribution in [0.3, 0.4) is 0 Å². The third-order valence-corrected chi connectivity index (χ3v) is 1.87. The van der Waals surface area contributed by atoms with Crippen LogP contribution in [0.2, 0.25) is 0 Å². The zero-order valence-corrected chi connectivity index (χ0v) is 8.69. The van der Waals surface area contributed by atoms with Crippen molar-refractivity contribution in [1.29, 1.82) is 5.39 Å². The first-order valence-electron chi connectivity index (χ1n) is 4.48. The predicted octanol–water partition coefficient (Wildman–Crippen LogP) is 2.64. The molecule has 0 aromatic heterocycles. The Bertz CT molecular complexity index is 355. The van der Waals surface area contributed by atoms with E-state index in [9.17, 15) is 0 Å². The van der Waals surface area contributed by atoms with Crippen molar-refractivity contribution in [3.63, 3.8) is 0 Å². The zero-order chi connectivity index (χ0) is 10.6. The fourth-order valence-corrected chi connectivity index (χ4v) is 1.13. The van der Waals surface area contributed by atoms with Crippen LogP contribution in [0, 0.1) is 5.39 Å². The minimum atomic E-state index is 0.456. The highest BCUT2D eigenvalue weighted by atomic mass is 16.5. The van der Waals surface area contributed by atoms with E-state index < -0.39 is 0 Å². The van der Waals surface area contributed by atoms with Crippen LogP contribution in [0.5, 0.6) is 5.75 Å². The highest BCUT2D eigenvalue weighted by Crippen LogP contribution is 2.31. The molecule has 0 saturated carbocycles. The average Bonchev–Trinajstić information content (AvgIpc) is 2.18. The molecule has 0 aliphatic carbocycles. The Kier molecular flexibility index (Phi) is 3.29. The van der Waals surface area contributed by atoms with Crippen molar-refractivity contribution < 1.29 is 4.74 Å². The molecule has 0 amide bonds. The van der Waals surface area contributed by atoms with Gasteiger partial charge in [0.05, 0.1) is 6.61 Å². The van der Waals surface area contributed by atoms with Gasteiger partial charge in [0.1, 0.15) is 0 Å². The molecule has 0 spiro atoms. The Morgan fingerprint density at radius 1 is 1.43 bits per heavy atom. The van der Waals surface area contributed by atoms with Gasteiger partial charge in [-0.2, -0.15) is 0 Å². The number of nitrogens with zero attached hydrogens (tertiary/aromatic N) is 3. The van der Waals surface area contributed by atoms with E-state index in [0.717, 1.165) is 5.69 Å². The van der Waals surface area contributed by atoms with E-state index in [1.165, 1.54) is 0 Å². The fourth-order valence-electron chi connectivity index (χ4n) is 1.13. The van der Waals surface area contributed by atoms with Crippen LogP contribution >= 0.6 is 0 Å². The molecular formula is C10H14N3O+. The van der Waals surface area contributed by atoms with Crippen LogP contribution in [0.1, 0.15) is 6.92 Å². The number of hydrogen-bond acceptors (Lipinski definition) is 3. The summed E-state index contributed by atoms with van der Waals surface area (Å²) in [6, 6.07) is 5.44. The third-order valence-electron chi connectivity index (χ3n) is 1.87. The van der Waals surface area contributed by atoms with Gasteiger partial charge in [-0.1, -0.05) is 0 Å². The molecule has 0 saturated heterocycles. The van der Waals surface area contributed by atoms with Gasteiger partial charge in [-0.3, -0.25) is 0 Å². The molecule has 0 N–H and O–H groups in total. The molecule has 0 aliphatic heterocycles. The summed E-state index contributed by atoms with van der Waals surface area (Å²) in [6.45, 7) is 2.45. The molecular weight excluding hydrogens is 178 g/mol. The highest BCUT2D eigenvalue weighted by molar-refractivity contribution is 5.64. The highest BCUT2D eigenvalue weighted by Gasteiger charge is 2.15. The molecule has 0 radical (unpaired) electrons. The second-order valence-electron chi connectivity index (χ2n) is 3.08. The fraction of sp³-hybridized carbons (Fsp3) is 0.400. The van der Waals surface area contributed by atoms with Crippen molar-refractivity contribution >= 4 is 11.4 Å². The van der Waals surface area contributed by atoms with Gasteiger partial charge in [0.25, 0.3) is 0 Å². The number of benzene rings is 1. The summed E-state index contributed by atoms with van der Waals surface area (Å²) in [5, 5.41) is 8.71. The van der Waals surface area contributed by atoms with Gasteiger partial charge in [-0.05, 0) is 13.0 Å². The standard InChI is InChI=1S/C10H14N3O/c1-4-14-10-7-8(13(2)3)5-6-9(10)12-11/h5-7H,4H2,1-3H3/q+1. The molecule has 4 nitrogen and oxygen atoms in total. The second-order valence-corrected chi connectivity index (χ2v) is 3.08. The Labute approximate surface area is 83.7 Å². The summed E-state index contributed by atoms with van der Waals surface area (Å²) in [5.41, 5.74) is 1.47. The predicted molar refractivity (Wildman–Crippen MR) is 56.7 cm³/mol. The van der Waals surface area contributed by atoms with Crippen LogP contribution in [0.25, 0.3) is 4.98 Å². The normalized spacial score (nSPS) is 9.29. The van der Waals surface area contributed by atoms with Crippen molar-refractivity contribution in [1.82, 2.24) is 0 Å². The zero-order valence-electron chi connectivity index (χ0n) is 8.69. The topological polar surface area (TPSA) is 40.6 Å². The number of ether oxygens (including phenoxy) is 1. The van der Waals surface area contributed by atoms with Gasteiger partial charge in [0.2, 0.25) is 11.1 Å². The summed E-state index contributed by atoms with van der Waals surface area (Å²) in [5.74, 6) is 0.598. The lowest BCUT2D eigenvalue weighted by Crippen LogP contribution is -2.08. The van der Waals surface area contributed by atoms with Gasteiger partial charge in [-0.15, -0.1) is 0 Å². The summed E-state index contributed by atoms with van der Waals surface area (Å²) in [6.07, 6.45) is 0. The minimum absolute atomic E-state index is 0.456. The molecule has 1 aromatic carbocycles. The summed E-state index contributed by atoms with van der Waals surface area (Å²) >= 11 is 0. The van der Waals surface area contributed by atoms with Gasteiger partial charge in [0.15, 0.2) is 4.98 Å². The largest absolute Gasteiger partial charge is 0.486 e. The number of rotatable bonds is 3. The molecule has 1 aromatic rings. The van der Waals surface area contributed by atoms with Crippen molar-refractivity contribution in [2.75, 3.05) is 25.6 Å². The van der Waals surface area contributed by atoms with E-state index >= 15 is 0 Å². The quantitative estimate of drug-likeness (QED) is 0.691. The third kappa shape index (κ3) is 2.13. The van der Waals surface area contributed by atoms with Gasteiger partial charge >= 0.3 is 5.69 Å². The van der Waals surface area contributed by atoms with Crippen molar-refractivity contribution in [2.24, 2.45) is 0 Å². The number of hydrogen-bond donors (Lipinski definition) is 0. The maximum atomic E-state index is 8.71. The Hall–Kier alpha value is -1.76. The minimum Gasteiger partial charge on any atom is -0.486 e. The Morgan fingerprint density at radius 2 is 2.14 bits per heavy atom. The van der Waals surface area contributed by atoms with Crippen molar-refractivity contribution in [2.45, 2.75) is 6.92 Å². The van der Waals surface area contributed by atoms with Crippen LogP contribution in [0.15, 0.2) is 18.2 Å². The van der Waals surface area contributed by atoms with Crippen LogP contribution in [0.4, 0.5) is 11.4 Å². The lowest BCUT2D eigenvalue weighted by atomic mass is 10.2. The maximum Gasteiger partial charge on any atom is 0.426 e. The molecule has 74 valence electrons. The van der Waals surface area contributed by atoms with Gasteiger partial charge in [0, 0.05) is 31.9 Å². The van der Waals surface area contributed by atoms with Gasteiger partial charge in [-0.25, -0.2) is 0 Å². The van der Waals surface area contributed by atoms with E-state index in [1.54, 1.807) is 6.07 Å². The molecule has 0 bridgehead atoms. The monoisotopic (exact) mass is 192 g/mol. The maximum absolute atomic E-state index is 8.71. The molecule has 0 heterocycles. The molecule has 4 heteroatoms. The SMILES string of the molecule is CCOc1cc(N(C)C)ccc1[N+]#N. The van der Waals surface area contributed by atoms with Crippen LogP contribution in [-0.4, -0.2) is 20.7 Å². The van der Waals surface area contributed by atoms with Crippen molar-refractivity contribution in [3.8, 4) is 5.75 Å². The Morgan fingerprint density at radius 3 is 2.64 bits per heavy atom. The molecule has 1 rings (SSSR count). The molecule has 0 atom stereocenters. The first-order valence-corrected chi connectivity index (χ1v) is 4.48. The lowest BCUT2D eigenvalue weighted by Gasteiger charge is -2.12. The first-order chi connectivity index (χ1) is 6.69. The van der Waals surface area contributed by atoms with E-state index in [2.05, 4.69) is 4.98 Å². The van der Waals surface area contributed by atoms with E-state index in [0.29, 0.717) is 18.0 Å². The second kappa shape index (κ2) is 4.47. The molecule has 0 aliphatic rings. The van der Waals surface area contributed by atoms with E-state index in [-0.39, 0.29) is 0 Å². The van der Waals surface area contributed by atoms with E-state index in [1.807, 2.05) is 38.1 Å². The average molecular weight is 192 g/mol. The smallest absolute Gasteiger partial charge is 0.426 e. The van der Waals surface area contributed by atoms with Crippen molar-refractivity contribution in [3.05, 3.63) is 23.2 Å². The molecule has 14 heavy (non-hydrogen) atoms.